The van der Waals surface area contributed by atoms with E-state index in [-0.39, 0.29) is 11.9 Å². The minimum Gasteiger partial charge on any atom is -0.426 e. The van der Waals surface area contributed by atoms with Crippen LogP contribution < -0.4 is 10.1 Å². The van der Waals surface area contributed by atoms with Crippen molar-refractivity contribution < 1.29 is 14.3 Å². The quantitative estimate of drug-likeness (QED) is 0.651. The largest absolute Gasteiger partial charge is 0.426 e. The van der Waals surface area contributed by atoms with E-state index in [1.807, 2.05) is 30.3 Å². The number of carbonyl (C=O) groups is 2. The molecule has 0 fully saturated rings. The predicted molar refractivity (Wildman–Crippen MR) is 69.6 cm³/mol. The van der Waals surface area contributed by atoms with Gasteiger partial charge >= 0.3 is 5.97 Å². The minimum atomic E-state index is -0.389. The summed E-state index contributed by atoms with van der Waals surface area (Å²) in [7, 11) is 0. The van der Waals surface area contributed by atoms with Crippen molar-refractivity contribution in [1.82, 2.24) is 0 Å². The maximum absolute atomic E-state index is 11.1. The van der Waals surface area contributed by atoms with Crippen molar-refractivity contribution in [2.24, 2.45) is 0 Å². The molecule has 2 aromatic rings. The van der Waals surface area contributed by atoms with Crippen molar-refractivity contribution in [3.63, 3.8) is 0 Å². The maximum Gasteiger partial charge on any atom is 0.308 e. The van der Waals surface area contributed by atoms with Crippen LogP contribution in [-0.4, -0.2) is 11.9 Å². The Balaban J connectivity index is 2.56. The van der Waals surface area contributed by atoms with Gasteiger partial charge in [0.1, 0.15) is 5.75 Å². The fraction of sp³-hybridized carbons (Fsp3) is 0.143. The van der Waals surface area contributed by atoms with Crippen LogP contribution in [0.1, 0.15) is 13.8 Å². The molecule has 92 valence electrons. The first-order valence-electron chi connectivity index (χ1n) is 5.55. The summed E-state index contributed by atoms with van der Waals surface area (Å²) in [4.78, 5) is 22.1. The van der Waals surface area contributed by atoms with Crippen molar-refractivity contribution in [2.45, 2.75) is 13.8 Å². The van der Waals surface area contributed by atoms with Gasteiger partial charge < -0.3 is 10.1 Å². The van der Waals surface area contributed by atoms with Gasteiger partial charge in [-0.2, -0.15) is 0 Å². The number of esters is 1. The first-order chi connectivity index (χ1) is 8.56. The van der Waals surface area contributed by atoms with Gasteiger partial charge in [0.15, 0.2) is 0 Å². The Morgan fingerprint density at radius 2 is 1.83 bits per heavy atom. The number of nitrogens with one attached hydrogen (secondary N) is 1. The number of amides is 1. The molecule has 0 spiro atoms. The summed E-state index contributed by atoms with van der Waals surface area (Å²) in [6.45, 7) is 2.78. The first kappa shape index (κ1) is 12.1. The Morgan fingerprint density at radius 3 is 2.50 bits per heavy atom. The van der Waals surface area contributed by atoms with E-state index in [4.69, 9.17) is 4.74 Å². The van der Waals surface area contributed by atoms with Crippen LogP contribution in [0.4, 0.5) is 5.69 Å². The lowest BCUT2D eigenvalue weighted by Crippen LogP contribution is -2.07. The normalized spacial score (nSPS) is 10.1. The average molecular weight is 243 g/mol. The lowest BCUT2D eigenvalue weighted by molar-refractivity contribution is -0.131. The number of benzene rings is 2. The van der Waals surface area contributed by atoms with Gasteiger partial charge in [0.05, 0.1) is 0 Å². The van der Waals surface area contributed by atoms with E-state index in [1.165, 1.54) is 13.8 Å². The van der Waals surface area contributed by atoms with Gasteiger partial charge in [-0.05, 0) is 11.5 Å². The van der Waals surface area contributed by atoms with Gasteiger partial charge in [-0.25, -0.2) is 0 Å². The van der Waals surface area contributed by atoms with E-state index < -0.39 is 0 Å². The van der Waals surface area contributed by atoms with Crippen LogP contribution in [0.25, 0.3) is 10.8 Å². The number of ether oxygens (including phenoxy) is 1. The molecule has 1 amide bonds. The molecule has 0 aliphatic heterocycles. The number of anilines is 1. The van der Waals surface area contributed by atoms with Crippen LogP contribution in [0.2, 0.25) is 0 Å². The molecular formula is C14H13NO3. The van der Waals surface area contributed by atoms with Crippen molar-refractivity contribution in [2.75, 3.05) is 5.32 Å². The van der Waals surface area contributed by atoms with Crippen LogP contribution in [0.5, 0.6) is 5.75 Å². The number of rotatable bonds is 2. The Hall–Kier alpha value is -2.36. The third-order valence-electron chi connectivity index (χ3n) is 2.40. The van der Waals surface area contributed by atoms with Gasteiger partial charge in [-0.1, -0.05) is 24.3 Å². The SMILES string of the molecule is CC(=O)Nc1cc(OC(C)=O)c2ccccc2c1. The number of hydrogen-bond acceptors (Lipinski definition) is 3. The van der Waals surface area contributed by atoms with Gasteiger partial charge in [0.2, 0.25) is 5.91 Å². The molecule has 4 nitrogen and oxygen atoms in total. The van der Waals surface area contributed by atoms with Gasteiger partial charge in [-0.3, -0.25) is 9.59 Å². The lowest BCUT2D eigenvalue weighted by atomic mass is 10.1. The summed E-state index contributed by atoms with van der Waals surface area (Å²) in [5.41, 5.74) is 0.609. The number of hydrogen-bond donors (Lipinski definition) is 1. The Bertz CT molecular complexity index is 619. The highest BCUT2D eigenvalue weighted by molar-refractivity contribution is 5.97. The molecule has 4 heteroatoms. The zero-order valence-electron chi connectivity index (χ0n) is 10.2. The Morgan fingerprint density at radius 1 is 1.11 bits per heavy atom. The highest BCUT2D eigenvalue weighted by Gasteiger charge is 2.07. The molecule has 18 heavy (non-hydrogen) atoms. The highest BCUT2D eigenvalue weighted by Crippen LogP contribution is 2.30. The van der Waals surface area contributed by atoms with Crippen molar-refractivity contribution in [1.29, 1.82) is 0 Å². The van der Waals surface area contributed by atoms with E-state index in [9.17, 15) is 9.59 Å². The maximum atomic E-state index is 11.1. The molecule has 0 radical (unpaired) electrons. The van der Waals surface area contributed by atoms with E-state index >= 15 is 0 Å². The Labute approximate surface area is 105 Å². The minimum absolute atomic E-state index is 0.168. The monoisotopic (exact) mass is 243 g/mol. The van der Waals surface area contributed by atoms with E-state index in [1.54, 1.807) is 6.07 Å². The third-order valence-corrected chi connectivity index (χ3v) is 2.40. The summed E-state index contributed by atoms with van der Waals surface area (Å²) in [5.74, 6) is -0.108. The molecule has 1 N–H and O–H groups in total. The average Bonchev–Trinajstić information content (AvgIpc) is 2.27. The predicted octanol–water partition coefficient (Wildman–Crippen LogP) is 2.72. The second-order valence-electron chi connectivity index (χ2n) is 3.97. The molecule has 0 bridgehead atoms. The van der Waals surface area contributed by atoms with Gasteiger partial charge in [0, 0.05) is 31.0 Å². The summed E-state index contributed by atoms with van der Waals surface area (Å²) in [5, 5.41) is 4.42. The fourth-order valence-electron chi connectivity index (χ4n) is 1.79. The molecule has 0 atom stereocenters. The summed E-state index contributed by atoms with van der Waals surface area (Å²) in [6.07, 6.45) is 0. The van der Waals surface area contributed by atoms with E-state index in [0.717, 1.165) is 10.8 Å². The zero-order chi connectivity index (χ0) is 13.1. The molecule has 0 unspecified atom stereocenters. The Kier molecular flexibility index (Phi) is 3.28. The lowest BCUT2D eigenvalue weighted by Gasteiger charge is -2.09. The summed E-state index contributed by atoms with van der Waals surface area (Å²) >= 11 is 0. The third kappa shape index (κ3) is 2.66. The van der Waals surface area contributed by atoms with E-state index in [2.05, 4.69) is 5.32 Å². The standard InChI is InChI=1S/C14H13NO3/c1-9(16)15-12-7-11-5-3-4-6-13(11)14(8-12)18-10(2)17/h3-8H,1-2H3,(H,15,16). The fourth-order valence-corrected chi connectivity index (χ4v) is 1.79. The van der Waals surface area contributed by atoms with E-state index in [0.29, 0.717) is 11.4 Å². The molecule has 0 aliphatic rings. The molecule has 2 rings (SSSR count). The second-order valence-corrected chi connectivity index (χ2v) is 3.97. The molecule has 2 aromatic carbocycles. The molecule has 0 aliphatic carbocycles. The number of fused-ring (bicyclic) bond motifs is 1. The van der Waals surface area contributed by atoms with Crippen LogP contribution in [0, 0.1) is 0 Å². The van der Waals surface area contributed by atoms with Crippen LogP contribution in [-0.2, 0) is 9.59 Å². The van der Waals surface area contributed by atoms with Crippen molar-refractivity contribution in [3.05, 3.63) is 36.4 Å². The van der Waals surface area contributed by atoms with Crippen molar-refractivity contribution in [3.8, 4) is 5.75 Å². The molecule has 0 heterocycles. The topological polar surface area (TPSA) is 55.4 Å². The van der Waals surface area contributed by atoms with Crippen LogP contribution >= 0.6 is 0 Å². The summed E-state index contributed by atoms with van der Waals surface area (Å²) in [6, 6.07) is 11.0. The van der Waals surface area contributed by atoms with Crippen molar-refractivity contribution >= 4 is 28.3 Å². The molecule has 0 aromatic heterocycles. The summed E-state index contributed by atoms with van der Waals surface area (Å²) < 4.78 is 5.16. The smallest absolute Gasteiger partial charge is 0.308 e. The van der Waals surface area contributed by atoms with Crippen LogP contribution in [0.15, 0.2) is 36.4 Å². The molecule has 0 saturated carbocycles. The molecular weight excluding hydrogens is 230 g/mol. The second kappa shape index (κ2) is 4.87. The molecule has 0 saturated heterocycles. The zero-order valence-corrected chi connectivity index (χ0v) is 10.2. The van der Waals surface area contributed by atoms with Gasteiger partial charge in [0.25, 0.3) is 0 Å². The van der Waals surface area contributed by atoms with Crippen LogP contribution in [0.3, 0.4) is 0 Å². The van der Waals surface area contributed by atoms with Gasteiger partial charge in [-0.15, -0.1) is 0 Å². The first-order valence-corrected chi connectivity index (χ1v) is 5.55. The highest BCUT2D eigenvalue weighted by atomic mass is 16.5. The number of carbonyl (C=O) groups excluding carboxylic acids is 2.